The molecule has 0 unspecified atom stereocenters. The molecule has 1 aliphatic carbocycles. The number of piperidine rings is 1. The van der Waals surface area contributed by atoms with Crippen LogP contribution >= 0.6 is 0 Å². The molecule has 6 rings (SSSR count). The summed E-state index contributed by atoms with van der Waals surface area (Å²) in [5, 5.41) is 7.70. The van der Waals surface area contributed by atoms with Crippen molar-refractivity contribution in [2.45, 2.75) is 31.8 Å². The second-order valence-electron chi connectivity index (χ2n) is 8.25. The number of amides is 1. The van der Waals surface area contributed by atoms with E-state index in [4.69, 9.17) is 0 Å². The van der Waals surface area contributed by atoms with Crippen LogP contribution in [0.3, 0.4) is 0 Å². The van der Waals surface area contributed by atoms with Crippen molar-refractivity contribution < 1.29 is 4.79 Å². The van der Waals surface area contributed by atoms with Crippen molar-refractivity contribution in [2.24, 2.45) is 5.92 Å². The van der Waals surface area contributed by atoms with Crippen LogP contribution < -0.4 is 10.2 Å². The van der Waals surface area contributed by atoms with E-state index in [1.54, 1.807) is 29.2 Å². The molecular formula is C23H21N7O. The molecule has 0 bridgehead atoms. The number of hydrogen-bond donors (Lipinski definition) is 1. The molecule has 2 fully saturated rings. The zero-order chi connectivity index (χ0) is 20.9. The molecule has 1 saturated heterocycles. The van der Waals surface area contributed by atoms with Crippen LogP contribution in [0, 0.1) is 12.8 Å². The van der Waals surface area contributed by atoms with Crippen molar-refractivity contribution in [3.8, 4) is 11.4 Å². The highest BCUT2D eigenvalue weighted by Gasteiger charge is 2.55. The van der Waals surface area contributed by atoms with Gasteiger partial charge in [0.25, 0.3) is 0 Å². The molecule has 1 N–H and O–H groups in total. The molecule has 4 heterocycles. The van der Waals surface area contributed by atoms with Gasteiger partial charge in [-0.1, -0.05) is 6.07 Å². The highest BCUT2D eigenvalue weighted by Crippen LogP contribution is 2.49. The molecule has 1 saturated carbocycles. The first-order chi connectivity index (χ1) is 15.2. The summed E-state index contributed by atoms with van der Waals surface area (Å²) in [6.07, 6.45) is 9.08. The average Bonchev–Trinajstić information content (AvgIpc) is 3.22. The van der Waals surface area contributed by atoms with E-state index in [1.165, 1.54) is 0 Å². The summed E-state index contributed by atoms with van der Waals surface area (Å²) in [5.74, 6) is 1.77. The first kappa shape index (κ1) is 18.0. The molecule has 1 amide bonds. The summed E-state index contributed by atoms with van der Waals surface area (Å²) in [5.41, 5.74) is 3.61. The number of nitrogens with one attached hydrogen (secondary N) is 1. The Morgan fingerprint density at radius 2 is 1.97 bits per heavy atom. The predicted octanol–water partition coefficient (Wildman–Crippen LogP) is 3.10. The van der Waals surface area contributed by atoms with Gasteiger partial charge in [0.2, 0.25) is 11.9 Å². The maximum atomic E-state index is 13.2. The van der Waals surface area contributed by atoms with E-state index in [0.29, 0.717) is 23.7 Å². The summed E-state index contributed by atoms with van der Waals surface area (Å²) in [4.78, 5) is 28.5. The lowest BCUT2D eigenvalue weighted by Crippen LogP contribution is -2.43. The van der Waals surface area contributed by atoms with Crippen molar-refractivity contribution in [2.75, 3.05) is 10.2 Å². The molecule has 154 valence electrons. The predicted molar refractivity (Wildman–Crippen MR) is 117 cm³/mol. The lowest BCUT2D eigenvalue weighted by Gasteiger charge is -2.26. The summed E-state index contributed by atoms with van der Waals surface area (Å²) in [6.45, 7) is 2.02. The Morgan fingerprint density at radius 3 is 2.84 bits per heavy atom. The van der Waals surface area contributed by atoms with E-state index < -0.39 is 0 Å². The fourth-order valence-corrected chi connectivity index (χ4v) is 4.53. The van der Waals surface area contributed by atoms with Gasteiger partial charge in [0.1, 0.15) is 6.04 Å². The molecule has 31 heavy (non-hydrogen) atoms. The van der Waals surface area contributed by atoms with E-state index in [2.05, 4.69) is 30.3 Å². The van der Waals surface area contributed by atoms with Crippen molar-refractivity contribution in [1.82, 2.24) is 24.6 Å². The van der Waals surface area contributed by atoms with E-state index in [0.717, 1.165) is 35.2 Å². The van der Waals surface area contributed by atoms with Crippen LogP contribution in [0.15, 0.2) is 61.2 Å². The third-order valence-electron chi connectivity index (χ3n) is 6.22. The number of hydrogen-bond acceptors (Lipinski definition) is 6. The topological polar surface area (TPSA) is 88.3 Å². The van der Waals surface area contributed by atoms with Gasteiger partial charge in [0.05, 0.1) is 11.7 Å². The lowest BCUT2D eigenvalue weighted by atomic mass is 10.1. The first-order valence-electron chi connectivity index (χ1n) is 10.4. The second kappa shape index (κ2) is 6.87. The van der Waals surface area contributed by atoms with E-state index in [1.807, 2.05) is 43.5 Å². The van der Waals surface area contributed by atoms with Gasteiger partial charge in [-0.15, -0.1) is 5.10 Å². The van der Waals surface area contributed by atoms with Gasteiger partial charge >= 0.3 is 0 Å². The van der Waals surface area contributed by atoms with Crippen molar-refractivity contribution in [1.29, 1.82) is 0 Å². The van der Waals surface area contributed by atoms with Gasteiger partial charge in [-0.05, 0) is 61.6 Å². The summed E-state index contributed by atoms with van der Waals surface area (Å²) < 4.78 is 1.80. The summed E-state index contributed by atoms with van der Waals surface area (Å²) in [7, 11) is 0. The number of rotatable bonds is 4. The lowest BCUT2D eigenvalue weighted by molar-refractivity contribution is -0.117. The maximum Gasteiger partial charge on any atom is 0.247 e. The smallest absolute Gasteiger partial charge is 0.247 e. The van der Waals surface area contributed by atoms with Gasteiger partial charge in [-0.3, -0.25) is 4.79 Å². The number of carbonyl (C=O) groups excluding carboxylic acids is 1. The van der Waals surface area contributed by atoms with Crippen LogP contribution in [-0.2, 0) is 4.79 Å². The van der Waals surface area contributed by atoms with E-state index >= 15 is 0 Å². The zero-order valence-corrected chi connectivity index (χ0v) is 17.0. The quantitative estimate of drug-likeness (QED) is 0.555. The van der Waals surface area contributed by atoms with Gasteiger partial charge in [0.15, 0.2) is 5.82 Å². The SMILES string of the molecule is Cc1ccc(NC(=O)[C@@H]2C[C@H]3C[C@H]3N2c2ncccn2)cc1-c1ncc2cccn2n1. The van der Waals surface area contributed by atoms with Crippen LogP contribution in [0.4, 0.5) is 11.6 Å². The number of aryl methyl sites for hydroxylation is 1. The molecule has 4 aromatic rings. The molecule has 8 heteroatoms. The van der Waals surface area contributed by atoms with Gasteiger partial charge in [-0.2, -0.15) is 0 Å². The molecule has 0 radical (unpaired) electrons. The number of carbonyl (C=O) groups is 1. The molecule has 3 aromatic heterocycles. The van der Waals surface area contributed by atoms with E-state index in [9.17, 15) is 4.79 Å². The fraction of sp³-hybridized carbons (Fsp3) is 0.261. The van der Waals surface area contributed by atoms with Crippen LogP contribution in [0.2, 0.25) is 0 Å². The summed E-state index contributed by atoms with van der Waals surface area (Å²) >= 11 is 0. The van der Waals surface area contributed by atoms with Crippen molar-refractivity contribution in [3.05, 3.63) is 66.7 Å². The molecule has 2 aliphatic rings. The highest BCUT2D eigenvalue weighted by molar-refractivity contribution is 5.98. The van der Waals surface area contributed by atoms with Crippen LogP contribution in [-0.4, -0.2) is 42.6 Å². The minimum Gasteiger partial charge on any atom is -0.325 e. The monoisotopic (exact) mass is 411 g/mol. The highest BCUT2D eigenvalue weighted by atomic mass is 16.2. The molecule has 1 aromatic carbocycles. The van der Waals surface area contributed by atoms with Gasteiger partial charge in [0, 0.05) is 35.9 Å². The van der Waals surface area contributed by atoms with Gasteiger partial charge in [-0.25, -0.2) is 19.5 Å². The minimum atomic E-state index is -0.261. The number of aromatic nitrogens is 5. The Kier molecular flexibility index (Phi) is 3.99. The number of nitrogens with zero attached hydrogens (tertiary/aromatic N) is 6. The Labute approximate surface area is 179 Å². The molecule has 3 atom stereocenters. The Balaban J connectivity index is 1.27. The molecule has 1 aliphatic heterocycles. The summed E-state index contributed by atoms with van der Waals surface area (Å²) in [6, 6.07) is 11.6. The second-order valence-corrected chi connectivity index (χ2v) is 8.25. The van der Waals surface area contributed by atoms with Gasteiger partial charge < -0.3 is 10.2 Å². The molecular weight excluding hydrogens is 390 g/mol. The Bertz CT molecular complexity index is 1290. The molecule has 0 spiro atoms. The fourth-order valence-electron chi connectivity index (χ4n) is 4.53. The third kappa shape index (κ3) is 3.11. The Hall–Kier alpha value is -3.81. The number of benzene rings is 1. The normalized spacial score (nSPS) is 21.8. The minimum absolute atomic E-state index is 0.0313. The largest absolute Gasteiger partial charge is 0.325 e. The maximum absolute atomic E-state index is 13.2. The van der Waals surface area contributed by atoms with E-state index in [-0.39, 0.29) is 11.9 Å². The van der Waals surface area contributed by atoms with Crippen LogP contribution in [0.1, 0.15) is 18.4 Å². The standard InChI is InChI=1S/C23H21N7O/c1-14-5-6-16(12-18(14)21-26-13-17-4-2-9-29(17)28-21)27-22(31)20-11-15-10-19(15)30(20)23-24-7-3-8-25-23/h2-9,12-13,15,19-20H,10-11H2,1H3,(H,27,31)/t15-,19-,20+/m1/s1. The third-order valence-corrected chi connectivity index (χ3v) is 6.22. The average molecular weight is 411 g/mol. The number of fused-ring (bicyclic) bond motifs is 2. The Morgan fingerprint density at radius 1 is 1.10 bits per heavy atom. The zero-order valence-electron chi connectivity index (χ0n) is 17.0. The van der Waals surface area contributed by atoms with Crippen molar-refractivity contribution in [3.63, 3.8) is 0 Å². The van der Waals surface area contributed by atoms with Crippen LogP contribution in [0.5, 0.6) is 0 Å². The molecule has 8 nitrogen and oxygen atoms in total. The van der Waals surface area contributed by atoms with Crippen LogP contribution in [0.25, 0.3) is 16.9 Å². The number of anilines is 2. The van der Waals surface area contributed by atoms with Crippen molar-refractivity contribution >= 4 is 23.1 Å². The first-order valence-corrected chi connectivity index (χ1v) is 10.4.